The minimum Gasteiger partial charge on any atom is -0.497 e. The van der Waals surface area contributed by atoms with Crippen LogP contribution in [0.3, 0.4) is 0 Å². The van der Waals surface area contributed by atoms with Crippen molar-refractivity contribution in [2.75, 3.05) is 20.3 Å². The minimum atomic E-state index is -2.17. The van der Waals surface area contributed by atoms with Gasteiger partial charge < -0.3 is 19.3 Å². The maximum Gasteiger partial charge on any atom is 0.303 e. The van der Waals surface area contributed by atoms with Crippen LogP contribution in [0.25, 0.3) is 5.57 Å². The molecule has 1 fully saturated rings. The first-order valence-corrected chi connectivity index (χ1v) is 9.72. The topological polar surface area (TPSA) is 65.0 Å². The summed E-state index contributed by atoms with van der Waals surface area (Å²) in [5.41, 5.74) is 1.52. The molecule has 0 aliphatic heterocycles. The molecule has 5 nitrogen and oxygen atoms in total. The van der Waals surface area contributed by atoms with E-state index in [2.05, 4.69) is 0 Å². The van der Waals surface area contributed by atoms with Crippen molar-refractivity contribution in [3.63, 3.8) is 0 Å². The number of allylic oxidation sites excluding steroid dienone is 2. The molecule has 0 saturated heterocycles. The average molecular weight is 411 g/mol. The van der Waals surface area contributed by atoms with E-state index in [0.717, 1.165) is 18.4 Å². The highest BCUT2D eigenvalue weighted by atomic mass is 35.5. The maximum absolute atomic E-state index is 15.9. The molecule has 7 heteroatoms. The van der Waals surface area contributed by atoms with Crippen LogP contribution in [0.2, 0.25) is 0 Å². The Morgan fingerprint density at radius 3 is 2.64 bits per heavy atom. The molecule has 28 heavy (non-hydrogen) atoms. The highest BCUT2D eigenvalue weighted by Gasteiger charge is 2.44. The van der Waals surface area contributed by atoms with Gasteiger partial charge in [-0.2, -0.15) is 0 Å². The van der Waals surface area contributed by atoms with E-state index >= 15 is 4.39 Å². The Balaban J connectivity index is 1.80. The van der Waals surface area contributed by atoms with E-state index in [1.54, 1.807) is 25.3 Å². The Morgan fingerprint density at radius 2 is 2.04 bits per heavy atom. The summed E-state index contributed by atoms with van der Waals surface area (Å²) >= 11 is 6.36. The van der Waals surface area contributed by atoms with Gasteiger partial charge in [0.2, 0.25) is 0 Å². The number of hydrogen-bond acceptors (Lipinski definition) is 4. The summed E-state index contributed by atoms with van der Waals surface area (Å²) in [7, 11) is 1.58. The van der Waals surface area contributed by atoms with E-state index in [1.165, 1.54) is 0 Å². The molecule has 0 heterocycles. The molecule has 152 valence electrons. The largest absolute Gasteiger partial charge is 0.497 e. The number of ether oxygens (including phenoxy) is 3. The van der Waals surface area contributed by atoms with Gasteiger partial charge in [-0.3, -0.25) is 4.79 Å². The highest BCUT2D eigenvalue weighted by Crippen LogP contribution is 2.44. The van der Waals surface area contributed by atoms with Gasteiger partial charge in [0.25, 0.3) is 5.85 Å². The second-order valence-electron chi connectivity index (χ2n) is 7.08. The molecule has 2 aliphatic carbocycles. The van der Waals surface area contributed by atoms with Gasteiger partial charge in [-0.25, -0.2) is 4.39 Å². The summed E-state index contributed by atoms with van der Waals surface area (Å²) in [6, 6.07) is 7.29. The van der Waals surface area contributed by atoms with Crippen LogP contribution >= 0.6 is 11.6 Å². The van der Waals surface area contributed by atoms with Crippen molar-refractivity contribution in [1.29, 1.82) is 0 Å². The summed E-state index contributed by atoms with van der Waals surface area (Å²) in [4.78, 5) is 10.7. The fourth-order valence-electron chi connectivity index (χ4n) is 2.99. The van der Waals surface area contributed by atoms with Gasteiger partial charge in [0.1, 0.15) is 5.75 Å². The monoisotopic (exact) mass is 410 g/mol. The quantitative estimate of drug-likeness (QED) is 0.555. The van der Waals surface area contributed by atoms with E-state index in [9.17, 15) is 4.79 Å². The first kappa shape index (κ1) is 20.7. The third-order valence-corrected chi connectivity index (χ3v) is 5.04. The van der Waals surface area contributed by atoms with Crippen molar-refractivity contribution in [3.05, 3.63) is 46.7 Å². The predicted molar refractivity (Wildman–Crippen MR) is 104 cm³/mol. The van der Waals surface area contributed by atoms with Gasteiger partial charge in [-0.05, 0) is 54.5 Å². The number of carbonyl (C=O) groups is 1. The number of methoxy groups -OCH3 is 1. The Morgan fingerprint density at radius 1 is 1.32 bits per heavy atom. The van der Waals surface area contributed by atoms with Gasteiger partial charge in [-0.15, -0.1) is 0 Å². The molecule has 0 bridgehead atoms. The SMILES string of the molecule is COc1ccc(C2=CC(Cl)=C(OCCCC(=O)O)C(F)(OCC3CC3)C2)cc1. The lowest BCUT2D eigenvalue weighted by atomic mass is 9.92. The van der Waals surface area contributed by atoms with Crippen molar-refractivity contribution in [2.45, 2.75) is 38.0 Å². The molecule has 1 aromatic rings. The second kappa shape index (κ2) is 8.97. The number of halogens is 2. The van der Waals surface area contributed by atoms with Crippen molar-refractivity contribution in [1.82, 2.24) is 0 Å². The van der Waals surface area contributed by atoms with Crippen LogP contribution in [0.4, 0.5) is 4.39 Å². The van der Waals surface area contributed by atoms with Gasteiger partial charge in [0, 0.05) is 12.8 Å². The Kier molecular flexibility index (Phi) is 6.62. The molecule has 1 aromatic carbocycles. The molecule has 0 amide bonds. The molecule has 1 N–H and O–H groups in total. The van der Waals surface area contributed by atoms with Crippen LogP contribution in [0.15, 0.2) is 41.1 Å². The zero-order valence-electron chi connectivity index (χ0n) is 15.7. The Hall–Kier alpha value is -2.05. The normalized spacial score (nSPS) is 22.0. The van der Waals surface area contributed by atoms with E-state index in [1.807, 2.05) is 12.1 Å². The lowest BCUT2D eigenvalue weighted by Gasteiger charge is -2.32. The molecule has 1 saturated carbocycles. The molecule has 2 aliphatic rings. The lowest BCUT2D eigenvalue weighted by Crippen LogP contribution is -2.35. The Bertz CT molecular complexity index is 770. The van der Waals surface area contributed by atoms with Crippen molar-refractivity contribution in [3.8, 4) is 5.75 Å². The predicted octanol–water partition coefficient (Wildman–Crippen LogP) is 4.91. The van der Waals surface area contributed by atoms with Crippen molar-refractivity contribution < 1.29 is 28.5 Å². The van der Waals surface area contributed by atoms with Gasteiger partial charge in [-0.1, -0.05) is 23.7 Å². The van der Waals surface area contributed by atoms with Crippen LogP contribution in [0.1, 0.15) is 37.7 Å². The minimum absolute atomic E-state index is 0.0312. The van der Waals surface area contributed by atoms with E-state index in [0.29, 0.717) is 23.8 Å². The number of aliphatic carboxylic acids is 1. The molecule has 3 rings (SSSR count). The molecule has 1 unspecified atom stereocenters. The fourth-order valence-corrected chi connectivity index (χ4v) is 3.32. The fraction of sp³-hybridized carbons (Fsp3) is 0.476. The summed E-state index contributed by atoms with van der Waals surface area (Å²) in [5.74, 6) is -2.09. The second-order valence-corrected chi connectivity index (χ2v) is 7.49. The number of carboxylic acids is 1. The molecular weight excluding hydrogens is 387 g/mol. The van der Waals surface area contributed by atoms with Crippen molar-refractivity contribution >= 4 is 23.1 Å². The number of carboxylic acid groups (broad SMARTS) is 1. The zero-order valence-corrected chi connectivity index (χ0v) is 16.5. The van der Waals surface area contributed by atoms with Crippen LogP contribution in [-0.4, -0.2) is 37.3 Å². The Labute approximate surface area is 168 Å². The summed E-state index contributed by atoms with van der Waals surface area (Å²) in [6.45, 7) is 0.362. The van der Waals surface area contributed by atoms with Crippen LogP contribution in [0, 0.1) is 5.92 Å². The van der Waals surface area contributed by atoms with E-state index in [4.69, 9.17) is 30.9 Å². The molecule has 1 atom stereocenters. The lowest BCUT2D eigenvalue weighted by molar-refractivity contribution is -0.147. The number of hydrogen-bond donors (Lipinski definition) is 1. The van der Waals surface area contributed by atoms with Gasteiger partial charge in [0.15, 0.2) is 5.76 Å². The number of benzene rings is 1. The third-order valence-electron chi connectivity index (χ3n) is 4.76. The summed E-state index contributed by atoms with van der Waals surface area (Å²) in [6.07, 6.45) is 3.91. The van der Waals surface area contributed by atoms with Gasteiger partial charge >= 0.3 is 5.97 Å². The first-order valence-electron chi connectivity index (χ1n) is 9.34. The maximum atomic E-state index is 15.9. The average Bonchev–Trinajstić information content (AvgIpc) is 3.49. The number of alkyl halides is 1. The van der Waals surface area contributed by atoms with Crippen LogP contribution in [0.5, 0.6) is 5.75 Å². The van der Waals surface area contributed by atoms with E-state index < -0.39 is 11.8 Å². The molecule has 0 spiro atoms. The summed E-state index contributed by atoms with van der Waals surface area (Å²) < 4.78 is 32.2. The first-order chi connectivity index (χ1) is 13.4. The highest BCUT2D eigenvalue weighted by molar-refractivity contribution is 6.32. The third kappa shape index (κ3) is 5.26. The van der Waals surface area contributed by atoms with E-state index in [-0.39, 0.29) is 36.7 Å². The summed E-state index contributed by atoms with van der Waals surface area (Å²) in [5, 5.41) is 8.87. The van der Waals surface area contributed by atoms with Crippen molar-refractivity contribution in [2.24, 2.45) is 5.92 Å². The molecular formula is C21H24ClFO5. The smallest absolute Gasteiger partial charge is 0.303 e. The molecule has 0 aromatic heterocycles. The zero-order chi connectivity index (χ0) is 20.1. The number of rotatable bonds is 10. The van der Waals surface area contributed by atoms with Crippen LogP contribution in [-0.2, 0) is 14.3 Å². The van der Waals surface area contributed by atoms with Crippen LogP contribution < -0.4 is 4.74 Å². The standard InChI is InChI=1S/C21H24ClFO5/c1-26-17-8-6-15(7-9-17)16-11-18(22)20(27-10-2-3-19(24)25)21(23,12-16)28-13-14-4-5-14/h6-9,11,14H,2-5,10,12-13H2,1H3,(H,24,25). The van der Waals surface area contributed by atoms with Gasteiger partial charge in [0.05, 0.1) is 25.4 Å². The molecule has 0 radical (unpaired) electrons.